The van der Waals surface area contributed by atoms with Crippen molar-refractivity contribution in [2.45, 2.75) is 64.3 Å². The highest BCUT2D eigenvalue weighted by Gasteiger charge is 2.30. The molecule has 4 rings (SSSR count). The topological polar surface area (TPSA) is 97.0 Å². The Bertz CT molecular complexity index is 940. The third-order valence-corrected chi connectivity index (χ3v) is 9.62. The molecule has 2 fully saturated rings. The van der Waals surface area contributed by atoms with Crippen LogP contribution in [0.15, 0.2) is 18.2 Å². The zero-order valence-electron chi connectivity index (χ0n) is 21.0. The van der Waals surface area contributed by atoms with E-state index in [0.717, 1.165) is 45.2 Å². The molecule has 3 heterocycles. The number of nitrogens with one attached hydrogen (secondary N) is 2. The number of hydrogen-bond acceptors (Lipinski definition) is 6. The van der Waals surface area contributed by atoms with E-state index >= 15 is 0 Å². The highest BCUT2D eigenvalue weighted by atomic mass is 32.2. The van der Waals surface area contributed by atoms with Gasteiger partial charge in [0.2, 0.25) is 10.0 Å². The summed E-state index contributed by atoms with van der Waals surface area (Å²) in [5.41, 5.74) is 0.476. The van der Waals surface area contributed by atoms with Gasteiger partial charge in [-0.1, -0.05) is 25.8 Å². The van der Waals surface area contributed by atoms with Gasteiger partial charge >= 0.3 is 0 Å². The molecule has 1 aromatic carbocycles. The van der Waals surface area contributed by atoms with Crippen molar-refractivity contribution in [1.82, 2.24) is 14.9 Å². The second-order valence-corrected chi connectivity index (χ2v) is 12.2. The zero-order chi connectivity index (χ0) is 24.7. The summed E-state index contributed by atoms with van der Waals surface area (Å²) in [6.07, 6.45) is 7.40. The van der Waals surface area contributed by atoms with Crippen LogP contribution in [-0.2, 0) is 10.0 Å². The van der Waals surface area contributed by atoms with Crippen LogP contribution in [0.1, 0.15) is 68.6 Å². The molecule has 0 spiro atoms. The molecule has 0 radical (unpaired) electrons. The van der Waals surface area contributed by atoms with Crippen LogP contribution < -0.4 is 20.1 Å². The number of nitrogens with zero attached hydrogens (tertiary/aromatic N) is 1. The second kappa shape index (κ2) is 12.4. The Labute approximate surface area is 210 Å². The molecule has 0 saturated carbocycles. The minimum atomic E-state index is -3.27. The number of benzene rings is 1. The van der Waals surface area contributed by atoms with Crippen molar-refractivity contribution in [1.29, 1.82) is 0 Å². The standard InChI is InChI=1S/C26H41N3O5S/c1-2-5-20-11-15-29(16-12-20)35(31,32)19-4-7-23(21-9-13-27-14-10-21)28-26(30)22-6-3-8-24-25(22)34-18-17-33-24/h3,6,8,20-21,23,27H,2,4-5,7,9-19H2,1H3,(H,28,30). The molecule has 1 amide bonds. The van der Waals surface area contributed by atoms with Crippen molar-refractivity contribution in [3.63, 3.8) is 0 Å². The summed E-state index contributed by atoms with van der Waals surface area (Å²) in [6.45, 7) is 6.20. The molecule has 9 heteroatoms. The van der Waals surface area contributed by atoms with E-state index in [1.165, 1.54) is 6.42 Å². The minimum absolute atomic E-state index is 0.0737. The smallest absolute Gasteiger partial charge is 0.255 e. The number of sulfonamides is 1. The fourth-order valence-electron chi connectivity index (χ4n) is 5.67. The van der Waals surface area contributed by atoms with Crippen LogP contribution >= 0.6 is 0 Å². The van der Waals surface area contributed by atoms with Crippen molar-refractivity contribution in [2.24, 2.45) is 11.8 Å². The van der Waals surface area contributed by atoms with Crippen molar-refractivity contribution >= 4 is 15.9 Å². The number of carbonyl (C=O) groups is 1. The molecule has 1 unspecified atom stereocenters. The Morgan fingerprint density at radius 1 is 1.14 bits per heavy atom. The van der Waals surface area contributed by atoms with Gasteiger partial charge in [-0.05, 0) is 75.6 Å². The summed E-state index contributed by atoms with van der Waals surface area (Å²) < 4.78 is 39.1. The number of amides is 1. The summed E-state index contributed by atoms with van der Waals surface area (Å²) in [4.78, 5) is 13.3. The van der Waals surface area contributed by atoms with Crippen molar-refractivity contribution < 1.29 is 22.7 Å². The quantitative estimate of drug-likeness (QED) is 0.505. The van der Waals surface area contributed by atoms with Crippen LogP contribution in [0.3, 0.4) is 0 Å². The number of fused-ring (bicyclic) bond motifs is 1. The maximum Gasteiger partial charge on any atom is 0.255 e. The zero-order valence-corrected chi connectivity index (χ0v) is 21.8. The van der Waals surface area contributed by atoms with E-state index in [2.05, 4.69) is 17.6 Å². The molecule has 2 N–H and O–H groups in total. The average Bonchev–Trinajstić information content (AvgIpc) is 2.88. The summed E-state index contributed by atoms with van der Waals surface area (Å²) in [5.74, 6) is 2.02. The van der Waals surface area contributed by atoms with Crippen LogP contribution in [0.5, 0.6) is 11.5 Å². The molecular weight excluding hydrogens is 466 g/mol. The number of piperidine rings is 2. The second-order valence-electron chi connectivity index (χ2n) is 10.1. The third-order valence-electron chi connectivity index (χ3n) is 7.66. The van der Waals surface area contributed by atoms with E-state index in [1.54, 1.807) is 16.4 Å². The van der Waals surface area contributed by atoms with Crippen molar-refractivity contribution in [2.75, 3.05) is 45.1 Å². The first-order valence-corrected chi connectivity index (χ1v) is 15.0. The Morgan fingerprint density at radius 3 is 2.63 bits per heavy atom. The fourth-order valence-corrected chi connectivity index (χ4v) is 7.23. The van der Waals surface area contributed by atoms with Gasteiger partial charge in [0.25, 0.3) is 5.91 Å². The van der Waals surface area contributed by atoms with Crippen LogP contribution in [-0.4, -0.2) is 69.8 Å². The lowest BCUT2D eigenvalue weighted by Gasteiger charge is -2.33. The normalized spacial score (nSPS) is 20.9. The SMILES string of the molecule is CCCC1CCN(S(=O)(=O)CCCC(NC(=O)c2cccc3c2OCCO3)C2CCNCC2)CC1. The van der Waals surface area contributed by atoms with E-state index in [-0.39, 0.29) is 17.7 Å². The molecule has 0 bridgehead atoms. The molecular formula is C26H41N3O5S. The number of para-hydroxylation sites is 1. The monoisotopic (exact) mass is 507 g/mol. The molecule has 0 aliphatic carbocycles. The van der Waals surface area contributed by atoms with Gasteiger partial charge in [-0.2, -0.15) is 0 Å². The summed E-state index contributed by atoms with van der Waals surface area (Å²) in [5, 5.41) is 6.61. The molecule has 8 nitrogen and oxygen atoms in total. The third kappa shape index (κ3) is 6.89. The Morgan fingerprint density at radius 2 is 1.89 bits per heavy atom. The van der Waals surface area contributed by atoms with Crippen LogP contribution in [0.25, 0.3) is 0 Å². The minimum Gasteiger partial charge on any atom is -0.486 e. The largest absolute Gasteiger partial charge is 0.486 e. The molecule has 3 aliphatic heterocycles. The molecule has 35 heavy (non-hydrogen) atoms. The number of rotatable bonds is 10. The maximum absolute atomic E-state index is 13.3. The lowest BCUT2D eigenvalue weighted by Crippen LogP contribution is -2.45. The van der Waals surface area contributed by atoms with Gasteiger partial charge in [-0.25, -0.2) is 12.7 Å². The van der Waals surface area contributed by atoms with Gasteiger partial charge < -0.3 is 20.1 Å². The summed E-state index contributed by atoms with van der Waals surface area (Å²) in [7, 11) is -3.27. The van der Waals surface area contributed by atoms with Crippen molar-refractivity contribution in [3.05, 3.63) is 23.8 Å². The fraction of sp³-hybridized carbons (Fsp3) is 0.731. The Kier molecular flexibility index (Phi) is 9.30. The van der Waals surface area contributed by atoms with E-state index in [0.29, 0.717) is 68.0 Å². The van der Waals surface area contributed by atoms with Crippen LogP contribution in [0.2, 0.25) is 0 Å². The van der Waals surface area contributed by atoms with E-state index in [1.807, 2.05) is 6.07 Å². The number of hydrogen-bond donors (Lipinski definition) is 2. The lowest BCUT2D eigenvalue weighted by molar-refractivity contribution is 0.0900. The van der Waals surface area contributed by atoms with E-state index in [9.17, 15) is 13.2 Å². The first-order chi connectivity index (χ1) is 17.0. The van der Waals surface area contributed by atoms with Crippen LogP contribution in [0.4, 0.5) is 0 Å². The molecule has 0 aromatic heterocycles. The molecule has 2 saturated heterocycles. The molecule has 1 aromatic rings. The first-order valence-electron chi connectivity index (χ1n) is 13.4. The van der Waals surface area contributed by atoms with Gasteiger partial charge in [-0.3, -0.25) is 4.79 Å². The molecule has 3 aliphatic rings. The van der Waals surface area contributed by atoms with Gasteiger partial charge in [0.05, 0.1) is 11.3 Å². The highest BCUT2D eigenvalue weighted by molar-refractivity contribution is 7.89. The molecule has 196 valence electrons. The maximum atomic E-state index is 13.3. The summed E-state index contributed by atoms with van der Waals surface area (Å²) >= 11 is 0. The lowest BCUT2D eigenvalue weighted by atomic mass is 9.87. The number of carbonyl (C=O) groups excluding carboxylic acids is 1. The van der Waals surface area contributed by atoms with E-state index < -0.39 is 10.0 Å². The first kappa shape index (κ1) is 26.2. The predicted octanol–water partition coefficient (Wildman–Crippen LogP) is 3.18. The highest BCUT2D eigenvalue weighted by Crippen LogP contribution is 2.34. The Balaban J connectivity index is 1.36. The van der Waals surface area contributed by atoms with Gasteiger partial charge in [-0.15, -0.1) is 0 Å². The summed E-state index contributed by atoms with van der Waals surface area (Å²) in [6, 6.07) is 5.30. The molecule has 1 atom stereocenters. The van der Waals surface area contributed by atoms with Crippen molar-refractivity contribution in [3.8, 4) is 11.5 Å². The average molecular weight is 508 g/mol. The Hall–Kier alpha value is -1.84. The van der Waals surface area contributed by atoms with E-state index in [4.69, 9.17) is 9.47 Å². The van der Waals surface area contributed by atoms with Gasteiger partial charge in [0.1, 0.15) is 13.2 Å². The van der Waals surface area contributed by atoms with Gasteiger partial charge in [0.15, 0.2) is 11.5 Å². The van der Waals surface area contributed by atoms with Gasteiger partial charge in [0, 0.05) is 19.1 Å². The number of ether oxygens (including phenoxy) is 2. The predicted molar refractivity (Wildman–Crippen MR) is 137 cm³/mol. The van der Waals surface area contributed by atoms with Crippen LogP contribution in [0, 0.1) is 11.8 Å².